The zero-order valence-electron chi connectivity index (χ0n) is 16.8. The highest BCUT2D eigenvalue weighted by Crippen LogP contribution is 2.40. The predicted molar refractivity (Wildman–Crippen MR) is 120 cm³/mol. The van der Waals surface area contributed by atoms with E-state index in [0.717, 1.165) is 16.2 Å². The van der Waals surface area contributed by atoms with Crippen LogP contribution < -0.4 is 9.64 Å². The molecule has 0 aliphatic carbocycles. The Morgan fingerprint density at radius 3 is 2.37 bits per heavy atom. The number of hydrogen-bond donors (Lipinski definition) is 0. The smallest absolute Gasteiger partial charge is 0.262 e. The summed E-state index contributed by atoms with van der Waals surface area (Å²) in [5.41, 5.74) is 2.97. The monoisotopic (exact) mass is 415 g/mol. The normalized spacial score (nSPS) is 13.9. The quantitative estimate of drug-likeness (QED) is 0.489. The van der Waals surface area contributed by atoms with Crippen molar-refractivity contribution >= 4 is 29.1 Å². The van der Waals surface area contributed by atoms with Gasteiger partial charge in [0, 0.05) is 27.9 Å². The SMILES string of the molecule is CCOc1ccc(N(/C=C2\Sc3ccccc3C2=O)C(=O)c2ccc(C)cc2)cc1. The Balaban J connectivity index is 1.73. The molecule has 0 spiro atoms. The summed E-state index contributed by atoms with van der Waals surface area (Å²) in [4.78, 5) is 29.2. The first kappa shape index (κ1) is 20.0. The molecule has 3 aromatic carbocycles. The van der Waals surface area contributed by atoms with Crippen molar-refractivity contribution in [2.75, 3.05) is 11.5 Å². The second-order valence-electron chi connectivity index (χ2n) is 6.89. The summed E-state index contributed by atoms with van der Waals surface area (Å²) >= 11 is 1.39. The minimum absolute atomic E-state index is 0.0664. The Kier molecular flexibility index (Phi) is 5.72. The maximum absolute atomic E-state index is 13.4. The third kappa shape index (κ3) is 4.02. The van der Waals surface area contributed by atoms with Crippen molar-refractivity contribution in [2.45, 2.75) is 18.7 Å². The number of carbonyl (C=O) groups is 2. The van der Waals surface area contributed by atoms with Crippen LogP contribution in [0.4, 0.5) is 5.69 Å². The zero-order chi connectivity index (χ0) is 21.1. The lowest BCUT2D eigenvalue weighted by molar-refractivity contribution is 0.0997. The Bertz CT molecular complexity index is 1120. The summed E-state index contributed by atoms with van der Waals surface area (Å²) in [6.07, 6.45) is 1.64. The van der Waals surface area contributed by atoms with Crippen molar-refractivity contribution in [3.8, 4) is 5.75 Å². The Morgan fingerprint density at radius 1 is 1.00 bits per heavy atom. The molecule has 3 aromatic rings. The predicted octanol–water partition coefficient (Wildman–Crippen LogP) is 5.87. The fraction of sp³-hybridized carbons (Fsp3) is 0.120. The first-order valence-electron chi connectivity index (χ1n) is 9.73. The zero-order valence-corrected chi connectivity index (χ0v) is 17.6. The number of carbonyl (C=O) groups excluding carboxylic acids is 2. The number of anilines is 1. The third-order valence-corrected chi connectivity index (χ3v) is 5.85. The number of nitrogens with zero attached hydrogens (tertiary/aromatic N) is 1. The van der Waals surface area contributed by atoms with Gasteiger partial charge in [-0.2, -0.15) is 0 Å². The van der Waals surface area contributed by atoms with Crippen LogP contribution >= 0.6 is 11.8 Å². The highest BCUT2D eigenvalue weighted by Gasteiger charge is 2.27. The van der Waals surface area contributed by atoms with Crippen LogP contribution in [0.25, 0.3) is 0 Å². The molecule has 1 heterocycles. The molecule has 5 heteroatoms. The van der Waals surface area contributed by atoms with E-state index in [1.807, 2.05) is 74.5 Å². The van der Waals surface area contributed by atoms with Crippen molar-refractivity contribution in [2.24, 2.45) is 0 Å². The Morgan fingerprint density at radius 2 is 1.70 bits per heavy atom. The molecule has 0 saturated heterocycles. The van der Waals surface area contributed by atoms with E-state index in [9.17, 15) is 9.59 Å². The second-order valence-corrected chi connectivity index (χ2v) is 7.97. The van der Waals surface area contributed by atoms with E-state index >= 15 is 0 Å². The fourth-order valence-corrected chi connectivity index (χ4v) is 4.21. The first-order chi connectivity index (χ1) is 14.6. The van der Waals surface area contributed by atoms with Gasteiger partial charge in [0.2, 0.25) is 5.78 Å². The van der Waals surface area contributed by atoms with Crippen LogP contribution in [0, 0.1) is 6.92 Å². The molecule has 1 aliphatic heterocycles. The van der Waals surface area contributed by atoms with Gasteiger partial charge in [0.05, 0.1) is 11.5 Å². The van der Waals surface area contributed by atoms with Gasteiger partial charge < -0.3 is 4.74 Å². The molecular weight excluding hydrogens is 394 g/mol. The molecule has 0 N–H and O–H groups in total. The maximum Gasteiger partial charge on any atom is 0.262 e. The van der Waals surface area contributed by atoms with Gasteiger partial charge in [-0.05, 0) is 62.4 Å². The van der Waals surface area contributed by atoms with Gasteiger partial charge >= 0.3 is 0 Å². The van der Waals surface area contributed by atoms with Crippen LogP contribution in [0.15, 0.2) is 88.8 Å². The summed E-state index contributed by atoms with van der Waals surface area (Å²) in [7, 11) is 0. The number of fused-ring (bicyclic) bond motifs is 1. The van der Waals surface area contributed by atoms with E-state index in [2.05, 4.69) is 0 Å². The fourth-order valence-electron chi connectivity index (χ4n) is 3.20. The number of Topliss-reactive ketones (excluding diaryl/α,β-unsaturated/α-hetero) is 1. The lowest BCUT2D eigenvalue weighted by atomic mass is 10.1. The highest BCUT2D eigenvalue weighted by atomic mass is 32.2. The molecule has 0 bridgehead atoms. The van der Waals surface area contributed by atoms with Crippen molar-refractivity contribution in [3.05, 3.63) is 101 Å². The van der Waals surface area contributed by atoms with Crippen molar-refractivity contribution in [1.29, 1.82) is 0 Å². The molecule has 1 aliphatic rings. The van der Waals surface area contributed by atoms with Gasteiger partial charge in [-0.25, -0.2) is 0 Å². The van der Waals surface area contributed by atoms with E-state index < -0.39 is 0 Å². The molecule has 4 nitrogen and oxygen atoms in total. The lowest BCUT2D eigenvalue weighted by Gasteiger charge is -2.20. The number of allylic oxidation sites excluding steroid dienone is 1. The van der Waals surface area contributed by atoms with Crippen LogP contribution in [-0.2, 0) is 0 Å². The summed E-state index contributed by atoms with van der Waals surface area (Å²) in [5.74, 6) is 0.467. The minimum Gasteiger partial charge on any atom is -0.494 e. The van der Waals surface area contributed by atoms with Gasteiger partial charge in [-0.15, -0.1) is 0 Å². The summed E-state index contributed by atoms with van der Waals surface area (Å²) < 4.78 is 5.51. The van der Waals surface area contributed by atoms with Crippen LogP contribution in [0.1, 0.15) is 33.2 Å². The number of thioether (sulfide) groups is 1. The summed E-state index contributed by atoms with van der Waals surface area (Å²) in [6, 6.07) is 22.2. The minimum atomic E-state index is -0.198. The molecule has 0 aromatic heterocycles. The van der Waals surface area contributed by atoms with Crippen LogP contribution in [-0.4, -0.2) is 18.3 Å². The number of ketones is 1. The average molecular weight is 416 g/mol. The maximum atomic E-state index is 13.4. The molecule has 0 unspecified atom stereocenters. The van der Waals surface area contributed by atoms with Crippen molar-refractivity contribution < 1.29 is 14.3 Å². The van der Waals surface area contributed by atoms with Gasteiger partial charge in [-0.3, -0.25) is 14.5 Å². The molecule has 150 valence electrons. The van der Waals surface area contributed by atoms with Crippen LogP contribution in [0.2, 0.25) is 0 Å². The topological polar surface area (TPSA) is 46.6 Å². The number of amides is 1. The molecule has 0 fully saturated rings. The van der Waals surface area contributed by atoms with Gasteiger partial charge in [0.15, 0.2) is 0 Å². The van der Waals surface area contributed by atoms with Crippen molar-refractivity contribution in [3.63, 3.8) is 0 Å². The van der Waals surface area contributed by atoms with E-state index in [1.54, 1.807) is 18.3 Å². The van der Waals surface area contributed by atoms with E-state index in [0.29, 0.717) is 28.3 Å². The third-order valence-electron chi connectivity index (χ3n) is 4.76. The van der Waals surface area contributed by atoms with Gasteiger partial charge in [0.25, 0.3) is 5.91 Å². The Labute approximate surface area is 180 Å². The number of aryl methyl sites for hydroxylation is 1. The van der Waals surface area contributed by atoms with Crippen LogP contribution in [0.3, 0.4) is 0 Å². The number of benzene rings is 3. The first-order valence-corrected chi connectivity index (χ1v) is 10.5. The molecule has 1 amide bonds. The summed E-state index contributed by atoms with van der Waals surface area (Å²) in [6.45, 7) is 4.47. The van der Waals surface area contributed by atoms with E-state index in [-0.39, 0.29) is 11.7 Å². The number of rotatable bonds is 5. The molecule has 0 atom stereocenters. The molecular formula is C25H21NO3S. The standard InChI is InChI=1S/C25H21NO3S/c1-3-29-20-14-12-19(13-15-20)26(25(28)18-10-8-17(2)9-11-18)16-23-24(27)21-6-4-5-7-22(21)30-23/h4-16H,3H2,1-2H3/b23-16-. The summed E-state index contributed by atoms with van der Waals surface area (Å²) in [5, 5.41) is 0. The number of ether oxygens (including phenoxy) is 1. The molecule has 4 rings (SSSR count). The Hall–Kier alpha value is -3.31. The second kappa shape index (κ2) is 8.59. The van der Waals surface area contributed by atoms with Gasteiger partial charge in [-0.1, -0.05) is 41.6 Å². The molecule has 30 heavy (non-hydrogen) atoms. The van der Waals surface area contributed by atoms with E-state index in [4.69, 9.17) is 4.74 Å². The largest absolute Gasteiger partial charge is 0.494 e. The molecule has 0 saturated carbocycles. The highest BCUT2D eigenvalue weighted by molar-refractivity contribution is 8.04. The van der Waals surface area contributed by atoms with Crippen LogP contribution in [0.5, 0.6) is 5.75 Å². The van der Waals surface area contributed by atoms with Gasteiger partial charge in [0.1, 0.15) is 5.75 Å². The van der Waals surface area contributed by atoms with E-state index in [1.165, 1.54) is 16.7 Å². The van der Waals surface area contributed by atoms with Crippen molar-refractivity contribution in [1.82, 2.24) is 0 Å². The molecule has 0 radical (unpaired) electrons. The average Bonchev–Trinajstić information content (AvgIpc) is 3.09. The number of hydrogen-bond acceptors (Lipinski definition) is 4. The lowest BCUT2D eigenvalue weighted by Crippen LogP contribution is -2.26.